The lowest BCUT2D eigenvalue weighted by atomic mass is 10.1. The Labute approximate surface area is 121 Å². The molecule has 1 heterocycles. The Bertz CT molecular complexity index is 435. The largest absolute Gasteiger partial charge is 0.481 e. The summed E-state index contributed by atoms with van der Waals surface area (Å²) in [5, 5.41) is 9.09. The third-order valence-electron chi connectivity index (χ3n) is 3.17. The van der Waals surface area contributed by atoms with Crippen LogP contribution in [0.5, 0.6) is 0 Å². The first-order chi connectivity index (χ1) is 9.40. The molecule has 1 atom stereocenters. The molecular formula is C15H25N3O2. The van der Waals surface area contributed by atoms with Gasteiger partial charge in [-0.2, -0.15) is 0 Å². The summed E-state index contributed by atoms with van der Waals surface area (Å²) >= 11 is 0. The quantitative estimate of drug-likeness (QED) is 0.787. The van der Waals surface area contributed by atoms with Crippen LogP contribution < -0.4 is 4.90 Å². The molecule has 0 spiro atoms. The first-order valence-corrected chi connectivity index (χ1v) is 6.95. The van der Waals surface area contributed by atoms with Gasteiger partial charge in [-0.3, -0.25) is 4.79 Å². The molecule has 0 aliphatic heterocycles. The highest BCUT2D eigenvalue weighted by Crippen LogP contribution is 2.15. The smallest absolute Gasteiger partial charge is 0.308 e. The summed E-state index contributed by atoms with van der Waals surface area (Å²) in [5.74, 6) is -0.316. The average molecular weight is 279 g/mol. The minimum atomic E-state index is -0.768. The lowest BCUT2D eigenvalue weighted by Gasteiger charge is -2.26. The fraction of sp³-hybridized carbons (Fsp3) is 0.600. The fourth-order valence-corrected chi connectivity index (χ4v) is 1.98. The topological polar surface area (TPSA) is 56.7 Å². The van der Waals surface area contributed by atoms with Gasteiger partial charge in [0.05, 0.1) is 5.92 Å². The Morgan fingerprint density at radius 1 is 1.40 bits per heavy atom. The van der Waals surface area contributed by atoms with E-state index in [0.29, 0.717) is 6.54 Å². The molecule has 1 unspecified atom stereocenters. The molecule has 1 aromatic rings. The molecule has 0 saturated carbocycles. The first kappa shape index (κ1) is 16.4. The van der Waals surface area contributed by atoms with Crippen molar-refractivity contribution in [3.05, 3.63) is 23.9 Å². The van der Waals surface area contributed by atoms with Crippen molar-refractivity contribution in [2.75, 3.05) is 38.6 Å². The lowest BCUT2D eigenvalue weighted by Crippen LogP contribution is -2.34. The lowest BCUT2D eigenvalue weighted by molar-refractivity contribution is -0.140. The molecule has 0 fully saturated rings. The molecule has 0 bridgehead atoms. The highest BCUT2D eigenvalue weighted by Gasteiger charge is 2.17. The van der Waals surface area contributed by atoms with Gasteiger partial charge in [-0.05, 0) is 51.7 Å². The Balaban J connectivity index is 2.75. The third-order valence-corrected chi connectivity index (χ3v) is 3.17. The van der Waals surface area contributed by atoms with Crippen molar-refractivity contribution in [2.24, 2.45) is 5.92 Å². The average Bonchev–Trinajstić information content (AvgIpc) is 2.36. The number of hydrogen-bond acceptors (Lipinski definition) is 4. The van der Waals surface area contributed by atoms with Crippen LogP contribution >= 0.6 is 0 Å². The molecular weight excluding hydrogens is 254 g/mol. The molecule has 0 aliphatic carbocycles. The van der Waals surface area contributed by atoms with Gasteiger partial charge in [-0.25, -0.2) is 4.98 Å². The Kier molecular flexibility index (Phi) is 6.45. The Hall–Kier alpha value is -1.62. The van der Waals surface area contributed by atoms with E-state index in [4.69, 9.17) is 5.11 Å². The molecule has 1 aromatic heterocycles. The molecule has 1 N–H and O–H groups in total. The van der Waals surface area contributed by atoms with E-state index in [0.717, 1.165) is 30.9 Å². The Morgan fingerprint density at radius 3 is 2.65 bits per heavy atom. The maximum absolute atomic E-state index is 11.1. The molecule has 20 heavy (non-hydrogen) atoms. The predicted molar refractivity (Wildman–Crippen MR) is 81.2 cm³/mol. The second kappa shape index (κ2) is 7.85. The fourth-order valence-electron chi connectivity index (χ4n) is 1.98. The summed E-state index contributed by atoms with van der Waals surface area (Å²) in [6, 6.07) is 3.95. The van der Waals surface area contributed by atoms with Crippen molar-refractivity contribution in [3.63, 3.8) is 0 Å². The van der Waals surface area contributed by atoms with Crippen molar-refractivity contribution < 1.29 is 9.90 Å². The van der Waals surface area contributed by atoms with Crippen molar-refractivity contribution in [1.29, 1.82) is 0 Å². The SMILES string of the molecule is Cc1ccnc(N(CCCN(C)C)CC(C)C(=O)O)c1. The standard InChI is InChI=1S/C15H25N3O2/c1-12-6-7-16-14(10-12)18(9-5-8-17(3)4)11-13(2)15(19)20/h6-7,10,13H,5,8-9,11H2,1-4H3,(H,19,20). The van der Waals surface area contributed by atoms with E-state index in [2.05, 4.69) is 14.8 Å². The second-order valence-corrected chi connectivity index (χ2v) is 5.53. The van der Waals surface area contributed by atoms with Crippen LogP contribution in [0.2, 0.25) is 0 Å². The van der Waals surface area contributed by atoms with Crippen LogP contribution in [0.25, 0.3) is 0 Å². The maximum Gasteiger partial charge on any atom is 0.308 e. The molecule has 1 rings (SSSR count). The van der Waals surface area contributed by atoms with Gasteiger partial charge >= 0.3 is 5.97 Å². The van der Waals surface area contributed by atoms with Crippen molar-refractivity contribution in [2.45, 2.75) is 20.3 Å². The third kappa shape index (κ3) is 5.57. The normalized spacial score (nSPS) is 12.4. The number of aliphatic carboxylic acids is 1. The Morgan fingerprint density at radius 2 is 2.10 bits per heavy atom. The van der Waals surface area contributed by atoms with Crippen LogP contribution in [0.1, 0.15) is 18.9 Å². The zero-order valence-electron chi connectivity index (χ0n) is 12.8. The number of hydrogen-bond donors (Lipinski definition) is 1. The van der Waals surface area contributed by atoms with Gasteiger partial charge in [0, 0.05) is 19.3 Å². The monoisotopic (exact) mass is 279 g/mol. The number of anilines is 1. The number of carboxylic acids is 1. The van der Waals surface area contributed by atoms with E-state index in [1.165, 1.54) is 0 Å². The molecule has 0 aliphatic rings. The van der Waals surface area contributed by atoms with Crippen molar-refractivity contribution in [3.8, 4) is 0 Å². The highest BCUT2D eigenvalue weighted by molar-refractivity contribution is 5.70. The number of aryl methyl sites for hydroxylation is 1. The van der Waals surface area contributed by atoms with Gasteiger partial charge in [-0.1, -0.05) is 6.92 Å². The second-order valence-electron chi connectivity index (χ2n) is 5.53. The molecule has 0 saturated heterocycles. The van der Waals surface area contributed by atoms with Crippen molar-refractivity contribution in [1.82, 2.24) is 9.88 Å². The van der Waals surface area contributed by atoms with Crippen LogP contribution in [-0.2, 0) is 4.79 Å². The van der Waals surface area contributed by atoms with E-state index >= 15 is 0 Å². The van der Waals surface area contributed by atoms with E-state index in [9.17, 15) is 4.79 Å². The van der Waals surface area contributed by atoms with Crippen molar-refractivity contribution >= 4 is 11.8 Å². The van der Waals surface area contributed by atoms with E-state index < -0.39 is 11.9 Å². The molecule has 0 amide bonds. The number of carboxylic acid groups (broad SMARTS) is 1. The summed E-state index contributed by atoms with van der Waals surface area (Å²) in [7, 11) is 4.07. The zero-order chi connectivity index (χ0) is 15.1. The molecule has 5 nitrogen and oxygen atoms in total. The minimum Gasteiger partial charge on any atom is -0.481 e. The molecule has 0 aromatic carbocycles. The summed E-state index contributed by atoms with van der Waals surface area (Å²) < 4.78 is 0. The van der Waals surface area contributed by atoms with Gasteiger partial charge < -0.3 is 14.9 Å². The number of carbonyl (C=O) groups is 1. The first-order valence-electron chi connectivity index (χ1n) is 6.95. The summed E-state index contributed by atoms with van der Waals surface area (Å²) in [6.07, 6.45) is 2.75. The summed E-state index contributed by atoms with van der Waals surface area (Å²) in [6.45, 7) is 6.02. The zero-order valence-corrected chi connectivity index (χ0v) is 12.8. The van der Waals surface area contributed by atoms with Crippen LogP contribution in [0, 0.1) is 12.8 Å². The van der Waals surface area contributed by atoms with Gasteiger partial charge in [0.1, 0.15) is 5.82 Å². The van der Waals surface area contributed by atoms with Gasteiger partial charge in [0.25, 0.3) is 0 Å². The number of aromatic nitrogens is 1. The van der Waals surface area contributed by atoms with Crippen LogP contribution in [-0.4, -0.2) is 54.7 Å². The molecule has 0 radical (unpaired) electrons. The van der Waals surface area contributed by atoms with Gasteiger partial charge in [0.15, 0.2) is 0 Å². The summed E-state index contributed by atoms with van der Waals surface area (Å²) in [4.78, 5) is 19.6. The van der Waals surface area contributed by atoms with E-state index in [1.807, 2.05) is 33.2 Å². The van der Waals surface area contributed by atoms with Gasteiger partial charge in [-0.15, -0.1) is 0 Å². The minimum absolute atomic E-state index is 0.406. The van der Waals surface area contributed by atoms with E-state index in [1.54, 1.807) is 13.1 Å². The predicted octanol–water partition coefficient (Wildman–Crippen LogP) is 1.87. The number of rotatable bonds is 8. The summed E-state index contributed by atoms with van der Waals surface area (Å²) in [5.41, 5.74) is 1.13. The molecule has 5 heteroatoms. The number of pyridine rings is 1. The maximum atomic E-state index is 11.1. The number of nitrogens with zero attached hydrogens (tertiary/aromatic N) is 3. The van der Waals surface area contributed by atoms with Crippen LogP contribution in [0.4, 0.5) is 5.82 Å². The van der Waals surface area contributed by atoms with Crippen LogP contribution in [0.15, 0.2) is 18.3 Å². The highest BCUT2D eigenvalue weighted by atomic mass is 16.4. The van der Waals surface area contributed by atoms with Crippen LogP contribution in [0.3, 0.4) is 0 Å². The van der Waals surface area contributed by atoms with Gasteiger partial charge in [0.2, 0.25) is 0 Å². The molecule has 112 valence electrons. The van der Waals surface area contributed by atoms with E-state index in [-0.39, 0.29) is 0 Å².